The van der Waals surface area contributed by atoms with Crippen LogP contribution in [0.2, 0.25) is 5.02 Å². The Balaban J connectivity index is 1.84. The van der Waals surface area contributed by atoms with Gasteiger partial charge in [0.05, 0.1) is 11.9 Å². The lowest BCUT2D eigenvalue weighted by atomic mass is 10.2. The van der Waals surface area contributed by atoms with E-state index in [9.17, 15) is 4.79 Å². The molecule has 0 bridgehead atoms. The molecule has 0 atom stereocenters. The van der Waals surface area contributed by atoms with Gasteiger partial charge in [0.25, 0.3) is 5.91 Å². The smallest absolute Gasteiger partial charge is 0.293 e. The van der Waals surface area contributed by atoms with Gasteiger partial charge in [-0.25, -0.2) is 10.1 Å². The quantitative estimate of drug-likeness (QED) is 0.464. The molecule has 2 aromatic heterocycles. The molecule has 140 valence electrons. The van der Waals surface area contributed by atoms with Crippen LogP contribution in [0.15, 0.2) is 34.0 Å². The first-order chi connectivity index (χ1) is 13.0. The molecule has 1 aromatic carbocycles. The maximum absolute atomic E-state index is 12.5. The van der Waals surface area contributed by atoms with E-state index < -0.39 is 5.91 Å². The maximum atomic E-state index is 12.5. The number of nitrogen functional groups attached to an aromatic ring is 1. The molecule has 0 radical (unpaired) electrons. The number of amides is 1. The SMILES string of the molecule is CN(C)Cc1c(C(=O)NN=Cc2cccc(Cl)c2)nnn1-c1nonc1N. The molecule has 0 aliphatic rings. The fraction of sp³-hybridized carbons (Fsp3) is 0.200. The first-order valence-electron chi connectivity index (χ1n) is 7.72. The monoisotopic (exact) mass is 389 g/mol. The Hall–Kier alpha value is -3.31. The molecule has 2 heterocycles. The van der Waals surface area contributed by atoms with Gasteiger partial charge in [0, 0.05) is 11.6 Å². The van der Waals surface area contributed by atoms with Crippen molar-refractivity contribution in [3.8, 4) is 5.82 Å². The minimum Gasteiger partial charge on any atom is -0.378 e. The van der Waals surface area contributed by atoms with Crippen molar-refractivity contribution >= 4 is 29.5 Å². The Morgan fingerprint density at radius 1 is 1.44 bits per heavy atom. The number of anilines is 1. The van der Waals surface area contributed by atoms with E-state index in [1.807, 2.05) is 19.0 Å². The molecule has 11 nitrogen and oxygen atoms in total. The minimum absolute atomic E-state index is 0.0332. The second kappa shape index (κ2) is 7.93. The number of benzene rings is 1. The second-order valence-corrected chi connectivity index (χ2v) is 6.20. The van der Waals surface area contributed by atoms with Gasteiger partial charge in [-0.2, -0.15) is 9.78 Å². The Bertz CT molecular complexity index is 979. The van der Waals surface area contributed by atoms with Gasteiger partial charge in [0.1, 0.15) is 0 Å². The molecule has 1 amide bonds. The number of hydrogen-bond acceptors (Lipinski definition) is 9. The fourth-order valence-electron chi connectivity index (χ4n) is 2.23. The van der Waals surface area contributed by atoms with Crippen LogP contribution >= 0.6 is 11.6 Å². The van der Waals surface area contributed by atoms with Gasteiger partial charge in [-0.15, -0.1) is 5.10 Å². The first-order valence-corrected chi connectivity index (χ1v) is 8.10. The predicted molar refractivity (Wildman–Crippen MR) is 97.5 cm³/mol. The molecule has 0 aliphatic carbocycles. The van der Waals surface area contributed by atoms with E-state index in [0.29, 0.717) is 17.3 Å². The Morgan fingerprint density at radius 3 is 2.93 bits per heavy atom. The van der Waals surface area contributed by atoms with Gasteiger partial charge in [-0.1, -0.05) is 28.9 Å². The lowest BCUT2D eigenvalue weighted by molar-refractivity contribution is 0.0948. The molecular formula is C15H16ClN9O2. The maximum Gasteiger partial charge on any atom is 0.293 e. The number of halogens is 1. The summed E-state index contributed by atoms with van der Waals surface area (Å²) in [5.74, 6) is -0.349. The fourth-order valence-corrected chi connectivity index (χ4v) is 2.43. The number of aromatic nitrogens is 5. The third kappa shape index (κ3) is 4.27. The highest BCUT2D eigenvalue weighted by atomic mass is 35.5. The molecule has 0 unspecified atom stereocenters. The van der Waals surface area contributed by atoms with E-state index in [1.54, 1.807) is 24.3 Å². The number of carbonyl (C=O) groups excluding carboxylic acids is 1. The van der Waals surface area contributed by atoms with Crippen molar-refractivity contribution < 1.29 is 9.42 Å². The Kier molecular flexibility index (Phi) is 5.43. The largest absolute Gasteiger partial charge is 0.378 e. The highest BCUT2D eigenvalue weighted by Gasteiger charge is 2.24. The van der Waals surface area contributed by atoms with Crippen molar-refractivity contribution in [3.63, 3.8) is 0 Å². The van der Waals surface area contributed by atoms with Crippen molar-refractivity contribution in [2.75, 3.05) is 19.8 Å². The molecule has 3 aromatic rings. The number of hydrogen-bond donors (Lipinski definition) is 2. The molecule has 27 heavy (non-hydrogen) atoms. The second-order valence-electron chi connectivity index (χ2n) is 5.76. The summed E-state index contributed by atoms with van der Waals surface area (Å²) in [7, 11) is 3.67. The Morgan fingerprint density at radius 2 is 2.26 bits per heavy atom. The average molecular weight is 390 g/mol. The van der Waals surface area contributed by atoms with Gasteiger partial charge in [0.15, 0.2) is 5.69 Å². The van der Waals surface area contributed by atoms with Gasteiger partial charge < -0.3 is 10.6 Å². The lowest BCUT2D eigenvalue weighted by Crippen LogP contribution is -2.23. The van der Waals surface area contributed by atoms with Crippen LogP contribution in [0.25, 0.3) is 5.82 Å². The van der Waals surface area contributed by atoms with Crippen LogP contribution in [0.4, 0.5) is 5.82 Å². The lowest BCUT2D eigenvalue weighted by Gasteiger charge is -2.11. The van der Waals surface area contributed by atoms with Crippen LogP contribution in [0.3, 0.4) is 0 Å². The molecular weight excluding hydrogens is 374 g/mol. The summed E-state index contributed by atoms with van der Waals surface area (Å²) in [6.45, 7) is 0.347. The molecule has 3 N–H and O–H groups in total. The van der Waals surface area contributed by atoms with E-state index in [1.165, 1.54) is 10.9 Å². The predicted octanol–water partition coefficient (Wildman–Crippen LogP) is 0.711. The number of nitrogens with two attached hydrogens (primary N) is 1. The summed E-state index contributed by atoms with van der Waals surface area (Å²) in [5.41, 5.74) is 9.40. The topological polar surface area (TPSA) is 140 Å². The molecule has 0 saturated carbocycles. The molecule has 0 spiro atoms. The van der Waals surface area contributed by atoms with Crippen LogP contribution in [-0.4, -0.2) is 56.4 Å². The van der Waals surface area contributed by atoms with Crippen molar-refractivity contribution in [3.05, 3.63) is 46.2 Å². The molecule has 0 fully saturated rings. The Labute approximate surface area is 158 Å². The number of carbonyl (C=O) groups is 1. The van der Waals surface area contributed by atoms with Crippen molar-refractivity contribution in [1.29, 1.82) is 0 Å². The molecule has 0 aliphatic heterocycles. The highest BCUT2D eigenvalue weighted by Crippen LogP contribution is 2.16. The van der Waals surface area contributed by atoms with Gasteiger partial charge >= 0.3 is 0 Å². The number of nitrogens with zero attached hydrogens (tertiary/aromatic N) is 7. The van der Waals surface area contributed by atoms with E-state index in [4.69, 9.17) is 17.3 Å². The van der Waals surface area contributed by atoms with Crippen LogP contribution in [0, 0.1) is 0 Å². The summed E-state index contributed by atoms with van der Waals surface area (Å²) >= 11 is 5.91. The molecule has 3 rings (SSSR count). The van der Waals surface area contributed by atoms with E-state index in [0.717, 1.165) is 5.56 Å². The number of rotatable bonds is 6. The summed E-state index contributed by atoms with van der Waals surface area (Å²) in [5, 5.41) is 19.6. The van der Waals surface area contributed by atoms with Gasteiger partial charge in [-0.3, -0.25) is 4.79 Å². The van der Waals surface area contributed by atoms with Gasteiger partial charge in [-0.05, 0) is 42.1 Å². The summed E-state index contributed by atoms with van der Waals surface area (Å²) in [6.07, 6.45) is 1.47. The highest BCUT2D eigenvalue weighted by molar-refractivity contribution is 6.30. The van der Waals surface area contributed by atoms with Crippen LogP contribution in [-0.2, 0) is 6.54 Å². The minimum atomic E-state index is -0.536. The number of nitrogens with one attached hydrogen (secondary N) is 1. The van der Waals surface area contributed by atoms with E-state index in [2.05, 4.69) is 35.8 Å². The average Bonchev–Trinajstić information content (AvgIpc) is 3.20. The molecule has 12 heteroatoms. The third-order valence-corrected chi connectivity index (χ3v) is 3.60. The van der Waals surface area contributed by atoms with Crippen molar-refractivity contribution in [2.24, 2.45) is 5.10 Å². The van der Waals surface area contributed by atoms with E-state index in [-0.39, 0.29) is 17.3 Å². The number of hydrazone groups is 1. The zero-order valence-electron chi connectivity index (χ0n) is 14.5. The normalized spacial score (nSPS) is 11.4. The van der Waals surface area contributed by atoms with Crippen molar-refractivity contribution in [1.82, 2.24) is 35.6 Å². The van der Waals surface area contributed by atoms with Crippen molar-refractivity contribution in [2.45, 2.75) is 6.54 Å². The molecule has 0 saturated heterocycles. The zero-order chi connectivity index (χ0) is 19.4. The van der Waals surface area contributed by atoms with Crippen LogP contribution < -0.4 is 11.2 Å². The van der Waals surface area contributed by atoms with Crippen LogP contribution in [0.5, 0.6) is 0 Å². The van der Waals surface area contributed by atoms with Crippen LogP contribution in [0.1, 0.15) is 21.7 Å². The summed E-state index contributed by atoms with van der Waals surface area (Å²) in [6, 6.07) is 7.04. The standard InChI is InChI=1S/C15H16ClN9O2/c1-24(2)8-11-12(19-23-25(11)14-13(17)21-27-22-14)15(26)20-18-7-9-4-3-5-10(16)6-9/h3-7H,8H2,1-2H3,(H2,17,21)(H,20,26). The van der Waals surface area contributed by atoms with E-state index >= 15 is 0 Å². The third-order valence-electron chi connectivity index (χ3n) is 3.37. The first kappa shape index (κ1) is 18.5. The summed E-state index contributed by atoms with van der Waals surface area (Å²) < 4.78 is 5.90. The zero-order valence-corrected chi connectivity index (χ0v) is 15.3. The summed E-state index contributed by atoms with van der Waals surface area (Å²) in [4.78, 5) is 14.3. The van der Waals surface area contributed by atoms with Gasteiger partial charge in [0.2, 0.25) is 11.6 Å².